The van der Waals surface area contributed by atoms with Crippen molar-refractivity contribution in [2.75, 3.05) is 18.5 Å². The number of nitrogens with zero attached hydrogens (tertiary/aromatic N) is 3. The molecule has 2 heterocycles. The maximum atomic E-state index is 12.3. The average molecular weight is 417 g/mol. The number of rotatable bonds is 4. The van der Waals surface area contributed by atoms with Gasteiger partial charge < -0.3 is 10.5 Å². The molecule has 7 nitrogen and oxygen atoms in total. The van der Waals surface area contributed by atoms with Crippen LogP contribution in [-0.2, 0) is 16.1 Å². The second-order valence-corrected chi connectivity index (χ2v) is 6.53. The summed E-state index contributed by atoms with van der Waals surface area (Å²) in [5.74, 6) is 0.00215. The van der Waals surface area contributed by atoms with E-state index >= 15 is 0 Å². The zero-order valence-electron chi connectivity index (χ0n) is 12.9. The van der Waals surface area contributed by atoms with Gasteiger partial charge in [0.25, 0.3) is 0 Å². The number of nitrogens with two attached hydrogens (primary N) is 1. The predicted molar refractivity (Wildman–Crippen MR) is 96.1 cm³/mol. The van der Waals surface area contributed by atoms with E-state index < -0.39 is 5.54 Å². The molecule has 1 aromatic heterocycles. The van der Waals surface area contributed by atoms with Crippen LogP contribution in [-0.4, -0.2) is 39.4 Å². The molecule has 1 saturated heterocycles. The summed E-state index contributed by atoms with van der Waals surface area (Å²) >= 11 is 3.44. The van der Waals surface area contributed by atoms with Gasteiger partial charge in [0, 0.05) is 17.7 Å². The van der Waals surface area contributed by atoms with Crippen LogP contribution in [0.1, 0.15) is 18.4 Å². The third kappa shape index (κ3) is 4.54. The molecule has 1 aliphatic heterocycles. The van der Waals surface area contributed by atoms with Crippen molar-refractivity contribution >= 4 is 40.2 Å². The number of benzene rings is 1. The van der Waals surface area contributed by atoms with Crippen molar-refractivity contribution in [1.82, 2.24) is 14.8 Å². The van der Waals surface area contributed by atoms with Crippen LogP contribution in [0.3, 0.4) is 0 Å². The highest BCUT2D eigenvalue weighted by atomic mass is 79.9. The number of anilines is 1. The molecule has 1 amide bonds. The highest BCUT2D eigenvalue weighted by molar-refractivity contribution is 9.10. The van der Waals surface area contributed by atoms with E-state index in [-0.39, 0.29) is 24.3 Å². The molecule has 0 aliphatic carbocycles. The Hall–Kier alpha value is -1.48. The molecule has 1 aromatic carbocycles. The third-order valence-corrected chi connectivity index (χ3v) is 4.33. The molecule has 9 heteroatoms. The van der Waals surface area contributed by atoms with Gasteiger partial charge in [0.05, 0.1) is 6.54 Å². The van der Waals surface area contributed by atoms with Crippen LogP contribution >= 0.6 is 28.3 Å². The molecule has 2 aromatic rings. The molecule has 24 heavy (non-hydrogen) atoms. The molecule has 1 fully saturated rings. The lowest BCUT2D eigenvalue weighted by atomic mass is 9.90. The molecule has 3 rings (SSSR count). The molecular formula is C15H19BrClN5O2. The smallest absolute Gasteiger partial charge is 0.248 e. The first-order valence-electron chi connectivity index (χ1n) is 7.37. The minimum atomic E-state index is -0.909. The Balaban J connectivity index is 0.00000208. The monoisotopic (exact) mass is 415 g/mol. The summed E-state index contributed by atoms with van der Waals surface area (Å²) in [5.41, 5.74) is 6.31. The molecule has 1 aliphatic rings. The number of hydrogen-bond donors (Lipinski definition) is 2. The third-order valence-electron chi connectivity index (χ3n) is 3.83. The number of carbonyl (C=O) groups excluding carboxylic acids is 1. The fourth-order valence-corrected chi connectivity index (χ4v) is 2.89. The molecule has 0 bridgehead atoms. The van der Waals surface area contributed by atoms with Gasteiger partial charge in [-0.05, 0) is 30.5 Å². The SMILES string of the molecule is Cl.NC1(C(=O)Nc2ncn(Cc3cccc(Br)c3)n2)CCOCC1. The second kappa shape index (κ2) is 8.06. The van der Waals surface area contributed by atoms with Crippen molar-refractivity contribution in [3.63, 3.8) is 0 Å². The van der Waals surface area contributed by atoms with Crippen molar-refractivity contribution in [3.8, 4) is 0 Å². The summed E-state index contributed by atoms with van der Waals surface area (Å²) in [6.07, 6.45) is 2.58. The van der Waals surface area contributed by atoms with E-state index in [4.69, 9.17) is 10.5 Å². The van der Waals surface area contributed by atoms with Crippen LogP contribution in [0.2, 0.25) is 0 Å². The minimum absolute atomic E-state index is 0. The summed E-state index contributed by atoms with van der Waals surface area (Å²) in [6.45, 7) is 1.56. The number of amides is 1. The fraction of sp³-hybridized carbons (Fsp3) is 0.400. The van der Waals surface area contributed by atoms with Crippen molar-refractivity contribution < 1.29 is 9.53 Å². The van der Waals surface area contributed by atoms with Crippen LogP contribution in [0.25, 0.3) is 0 Å². The van der Waals surface area contributed by atoms with Crippen LogP contribution in [0.5, 0.6) is 0 Å². The van der Waals surface area contributed by atoms with Crippen molar-refractivity contribution in [1.29, 1.82) is 0 Å². The molecule has 130 valence electrons. The van der Waals surface area contributed by atoms with Crippen molar-refractivity contribution in [3.05, 3.63) is 40.6 Å². The second-order valence-electron chi connectivity index (χ2n) is 5.62. The first-order chi connectivity index (χ1) is 11.0. The maximum absolute atomic E-state index is 12.3. The van der Waals surface area contributed by atoms with Gasteiger partial charge in [-0.1, -0.05) is 28.1 Å². The number of nitrogens with one attached hydrogen (secondary N) is 1. The number of halogens is 2. The van der Waals surface area contributed by atoms with E-state index in [0.717, 1.165) is 10.0 Å². The maximum Gasteiger partial charge on any atom is 0.248 e. The van der Waals surface area contributed by atoms with E-state index in [2.05, 4.69) is 31.3 Å². The number of aromatic nitrogens is 3. The van der Waals surface area contributed by atoms with Crippen molar-refractivity contribution in [2.24, 2.45) is 5.73 Å². The van der Waals surface area contributed by atoms with Gasteiger partial charge in [-0.2, -0.15) is 0 Å². The Morgan fingerprint density at radius 3 is 2.88 bits per heavy atom. The molecular weight excluding hydrogens is 398 g/mol. The Bertz CT molecular complexity index is 703. The van der Waals surface area contributed by atoms with Gasteiger partial charge in [-0.25, -0.2) is 9.67 Å². The van der Waals surface area contributed by atoms with Gasteiger partial charge in [-0.3, -0.25) is 10.1 Å². The Morgan fingerprint density at radius 1 is 1.42 bits per heavy atom. The van der Waals surface area contributed by atoms with E-state index in [9.17, 15) is 4.79 Å². The lowest BCUT2D eigenvalue weighted by Crippen LogP contribution is -2.54. The Kier molecular flexibility index (Phi) is 6.34. The first-order valence-corrected chi connectivity index (χ1v) is 8.16. The number of hydrogen-bond acceptors (Lipinski definition) is 5. The van der Waals surface area contributed by atoms with E-state index in [1.54, 1.807) is 11.0 Å². The number of carbonyl (C=O) groups is 1. The lowest BCUT2D eigenvalue weighted by molar-refractivity contribution is -0.124. The zero-order valence-corrected chi connectivity index (χ0v) is 15.3. The Labute approximate surface area is 154 Å². The molecule has 0 atom stereocenters. The quantitative estimate of drug-likeness (QED) is 0.794. The molecule has 0 radical (unpaired) electrons. The summed E-state index contributed by atoms with van der Waals surface area (Å²) in [5, 5.41) is 6.97. The van der Waals surface area contributed by atoms with Gasteiger partial charge >= 0.3 is 0 Å². The van der Waals surface area contributed by atoms with E-state index in [1.165, 1.54) is 0 Å². The molecule has 0 spiro atoms. The first kappa shape index (κ1) is 18.9. The van der Waals surface area contributed by atoms with Crippen LogP contribution in [0, 0.1) is 0 Å². The van der Waals surface area contributed by atoms with Gasteiger partial charge in [0.1, 0.15) is 11.9 Å². The standard InChI is InChI=1S/C15H18BrN5O2.ClH/c16-12-3-1-2-11(8-12)9-21-10-18-14(20-21)19-13(22)15(17)4-6-23-7-5-15;/h1-3,8,10H,4-7,9,17H2,(H,19,20,22);1H. The van der Waals surface area contributed by atoms with Gasteiger partial charge in [0.2, 0.25) is 11.9 Å². The summed E-state index contributed by atoms with van der Waals surface area (Å²) in [6, 6.07) is 7.94. The molecule has 3 N–H and O–H groups in total. The average Bonchev–Trinajstić information content (AvgIpc) is 2.95. The summed E-state index contributed by atoms with van der Waals surface area (Å²) < 4.78 is 7.93. The zero-order chi connectivity index (χ0) is 16.3. The van der Waals surface area contributed by atoms with Crippen molar-refractivity contribution in [2.45, 2.75) is 24.9 Å². The summed E-state index contributed by atoms with van der Waals surface area (Å²) in [7, 11) is 0. The lowest BCUT2D eigenvalue weighted by Gasteiger charge is -2.31. The largest absolute Gasteiger partial charge is 0.381 e. The van der Waals surface area contributed by atoms with Crippen LogP contribution < -0.4 is 11.1 Å². The van der Waals surface area contributed by atoms with E-state index in [1.807, 2.05) is 24.3 Å². The molecule has 0 saturated carbocycles. The van der Waals surface area contributed by atoms with Crippen LogP contribution in [0.15, 0.2) is 35.1 Å². The normalized spacial score (nSPS) is 16.2. The predicted octanol–water partition coefficient (Wildman–Crippen LogP) is 1.96. The minimum Gasteiger partial charge on any atom is -0.381 e. The Morgan fingerprint density at radius 2 is 2.17 bits per heavy atom. The highest BCUT2D eigenvalue weighted by Crippen LogP contribution is 2.19. The molecule has 0 unspecified atom stereocenters. The topological polar surface area (TPSA) is 95.1 Å². The van der Waals surface area contributed by atoms with E-state index in [0.29, 0.717) is 32.6 Å². The highest BCUT2D eigenvalue weighted by Gasteiger charge is 2.36. The number of ether oxygens (including phenoxy) is 1. The fourth-order valence-electron chi connectivity index (χ4n) is 2.44. The van der Waals surface area contributed by atoms with Gasteiger partial charge in [-0.15, -0.1) is 17.5 Å². The van der Waals surface area contributed by atoms with Gasteiger partial charge in [0.15, 0.2) is 0 Å². The van der Waals surface area contributed by atoms with Crippen LogP contribution in [0.4, 0.5) is 5.95 Å². The summed E-state index contributed by atoms with van der Waals surface area (Å²) in [4.78, 5) is 16.4.